The summed E-state index contributed by atoms with van der Waals surface area (Å²) in [6, 6.07) is -1.28. The number of hydrogen-bond acceptors (Lipinski definition) is 6. The van der Waals surface area contributed by atoms with E-state index in [0.29, 0.717) is 25.1 Å². The molecule has 7 nitrogen and oxygen atoms in total. The fourth-order valence-corrected chi connectivity index (χ4v) is 1.45. The Kier molecular flexibility index (Phi) is 7.88. The third-order valence-corrected chi connectivity index (χ3v) is 2.42. The summed E-state index contributed by atoms with van der Waals surface area (Å²) in [5, 5.41) is 28.0. The van der Waals surface area contributed by atoms with Crippen LogP contribution in [0.3, 0.4) is 0 Å². The van der Waals surface area contributed by atoms with Crippen LogP contribution in [0, 0.1) is 0 Å². The normalized spacial score (nSPS) is 24.6. The highest BCUT2D eigenvalue weighted by molar-refractivity contribution is 7.80. The van der Waals surface area contributed by atoms with Crippen molar-refractivity contribution in [3.05, 3.63) is 0 Å². The Bertz CT molecular complexity index is 264. The molecule has 1 rings (SSSR count). The van der Waals surface area contributed by atoms with Crippen molar-refractivity contribution in [2.24, 2.45) is 5.73 Å². The molecule has 8 heteroatoms. The maximum atomic E-state index is 10.2. The molecular formula is C9H18N2O5S. The van der Waals surface area contributed by atoms with Crippen LogP contribution in [0.2, 0.25) is 0 Å². The SMILES string of the molecule is N[C@@H](CCS)C(=O)O.O=C(O)[C@@H]1CC(O)CN1. The molecule has 1 saturated heterocycles. The first kappa shape index (κ1) is 16.2. The predicted molar refractivity (Wildman–Crippen MR) is 64.1 cm³/mol. The molecule has 0 saturated carbocycles. The first-order valence-corrected chi connectivity index (χ1v) is 5.75. The quantitative estimate of drug-likeness (QED) is 0.342. The second kappa shape index (κ2) is 8.29. The zero-order valence-electron chi connectivity index (χ0n) is 9.24. The van der Waals surface area contributed by atoms with Gasteiger partial charge in [-0.05, 0) is 12.2 Å². The number of nitrogens with one attached hydrogen (secondary N) is 1. The van der Waals surface area contributed by atoms with Gasteiger partial charge in [0, 0.05) is 13.0 Å². The molecule has 3 atom stereocenters. The van der Waals surface area contributed by atoms with E-state index in [-0.39, 0.29) is 0 Å². The van der Waals surface area contributed by atoms with Crippen LogP contribution in [0.15, 0.2) is 0 Å². The number of carboxylic acid groups (broad SMARTS) is 2. The Balaban J connectivity index is 0.000000304. The van der Waals surface area contributed by atoms with Crippen molar-refractivity contribution in [1.82, 2.24) is 5.32 Å². The van der Waals surface area contributed by atoms with Crippen LogP contribution < -0.4 is 11.1 Å². The monoisotopic (exact) mass is 266 g/mol. The lowest BCUT2D eigenvalue weighted by molar-refractivity contribution is -0.139. The largest absolute Gasteiger partial charge is 0.480 e. The minimum absolute atomic E-state index is 0.329. The predicted octanol–water partition coefficient (Wildman–Crippen LogP) is -1.49. The molecule has 1 aliphatic rings. The second-order valence-corrected chi connectivity index (χ2v) is 4.09. The van der Waals surface area contributed by atoms with Gasteiger partial charge in [-0.3, -0.25) is 9.59 Å². The van der Waals surface area contributed by atoms with Crippen molar-refractivity contribution in [2.45, 2.75) is 31.0 Å². The van der Waals surface area contributed by atoms with Gasteiger partial charge in [-0.25, -0.2) is 0 Å². The molecule has 1 fully saturated rings. The summed E-state index contributed by atoms with van der Waals surface area (Å²) < 4.78 is 0. The minimum atomic E-state index is -0.959. The van der Waals surface area contributed by atoms with E-state index >= 15 is 0 Å². The van der Waals surface area contributed by atoms with E-state index in [0.717, 1.165) is 0 Å². The molecule has 6 N–H and O–H groups in total. The number of nitrogens with two attached hydrogens (primary N) is 1. The van der Waals surface area contributed by atoms with Gasteiger partial charge in [0.15, 0.2) is 0 Å². The van der Waals surface area contributed by atoms with Crippen molar-refractivity contribution in [3.63, 3.8) is 0 Å². The van der Waals surface area contributed by atoms with Crippen LogP contribution in [0.5, 0.6) is 0 Å². The lowest BCUT2D eigenvalue weighted by atomic mass is 10.2. The molecule has 17 heavy (non-hydrogen) atoms. The smallest absolute Gasteiger partial charge is 0.320 e. The average Bonchev–Trinajstić information content (AvgIpc) is 2.66. The average molecular weight is 266 g/mol. The number of β-amino-alcohol motifs (C(OH)–C–C–N with tert-alkyl or cyclic N) is 1. The van der Waals surface area contributed by atoms with Crippen molar-refractivity contribution in [1.29, 1.82) is 0 Å². The van der Waals surface area contributed by atoms with Gasteiger partial charge in [0.1, 0.15) is 12.1 Å². The first-order valence-electron chi connectivity index (χ1n) is 5.12. The van der Waals surface area contributed by atoms with E-state index in [9.17, 15) is 9.59 Å². The fraction of sp³-hybridized carbons (Fsp3) is 0.778. The van der Waals surface area contributed by atoms with Crippen molar-refractivity contribution < 1.29 is 24.9 Å². The summed E-state index contributed by atoms with van der Waals surface area (Å²) in [5.74, 6) is -1.32. The summed E-state index contributed by atoms with van der Waals surface area (Å²) in [5.41, 5.74) is 5.08. The minimum Gasteiger partial charge on any atom is -0.480 e. The lowest BCUT2D eigenvalue weighted by Gasteiger charge is -2.00. The fourth-order valence-electron chi connectivity index (χ4n) is 1.17. The topological polar surface area (TPSA) is 133 Å². The first-order chi connectivity index (χ1) is 7.88. The van der Waals surface area contributed by atoms with Crippen LogP contribution in [-0.2, 0) is 9.59 Å². The summed E-state index contributed by atoms with van der Waals surface area (Å²) >= 11 is 3.81. The zero-order chi connectivity index (χ0) is 13.4. The maximum absolute atomic E-state index is 10.2. The van der Waals surface area contributed by atoms with E-state index in [1.54, 1.807) is 0 Å². The molecule has 100 valence electrons. The molecule has 0 radical (unpaired) electrons. The number of aliphatic carboxylic acids is 2. The van der Waals surface area contributed by atoms with E-state index in [1.807, 2.05) is 0 Å². The van der Waals surface area contributed by atoms with Gasteiger partial charge in [-0.15, -0.1) is 0 Å². The molecule has 0 amide bonds. The standard InChI is InChI=1S/C5H9NO3.C4H9NO2S/c7-3-1-4(5(8)9)6-2-3;5-3(1-2-8)4(6)7/h3-4,6-7H,1-2H2,(H,8,9);3,8H,1-2,5H2,(H,6,7)/t3?,4-;3-/m00/s1. The third kappa shape index (κ3) is 7.16. The number of thiol groups is 1. The van der Waals surface area contributed by atoms with Gasteiger partial charge < -0.3 is 26.4 Å². The van der Waals surface area contributed by atoms with Crippen LogP contribution in [0.4, 0.5) is 0 Å². The highest BCUT2D eigenvalue weighted by Gasteiger charge is 2.27. The molecule has 1 unspecified atom stereocenters. The van der Waals surface area contributed by atoms with Gasteiger partial charge in [-0.1, -0.05) is 0 Å². The number of carbonyl (C=O) groups is 2. The summed E-state index contributed by atoms with van der Waals surface area (Å²) in [6.07, 6.45) is 0.277. The number of hydrogen-bond donors (Lipinski definition) is 6. The van der Waals surface area contributed by atoms with Crippen molar-refractivity contribution >= 4 is 24.6 Å². The Morgan fingerprint density at radius 2 is 2.06 bits per heavy atom. The molecule has 0 bridgehead atoms. The number of carboxylic acids is 2. The zero-order valence-corrected chi connectivity index (χ0v) is 10.1. The molecule has 0 aromatic heterocycles. The third-order valence-electron chi connectivity index (χ3n) is 2.16. The molecule has 0 aliphatic carbocycles. The highest BCUT2D eigenvalue weighted by atomic mass is 32.1. The van der Waals surface area contributed by atoms with Crippen LogP contribution >= 0.6 is 12.6 Å². The number of aliphatic hydroxyl groups is 1. The molecule has 1 heterocycles. The van der Waals surface area contributed by atoms with E-state index < -0.39 is 30.1 Å². The summed E-state index contributed by atoms with van der Waals surface area (Å²) in [6.45, 7) is 0.400. The van der Waals surface area contributed by atoms with E-state index in [1.165, 1.54) is 0 Å². The maximum Gasteiger partial charge on any atom is 0.320 e. The van der Waals surface area contributed by atoms with Gasteiger partial charge in [-0.2, -0.15) is 12.6 Å². The van der Waals surface area contributed by atoms with Gasteiger partial charge in [0.2, 0.25) is 0 Å². The summed E-state index contributed by atoms with van der Waals surface area (Å²) in [7, 11) is 0. The van der Waals surface area contributed by atoms with E-state index in [2.05, 4.69) is 17.9 Å². The molecular weight excluding hydrogens is 248 g/mol. The van der Waals surface area contributed by atoms with Gasteiger partial charge in [0.05, 0.1) is 6.10 Å². The summed E-state index contributed by atoms with van der Waals surface area (Å²) in [4.78, 5) is 20.1. The Hall–Kier alpha value is -0.830. The van der Waals surface area contributed by atoms with Crippen molar-refractivity contribution in [3.8, 4) is 0 Å². The Morgan fingerprint density at radius 1 is 1.47 bits per heavy atom. The van der Waals surface area contributed by atoms with Crippen LogP contribution in [0.25, 0.3) is 0 Å². The second-order valence-electron chi connectivity index (χ2n) is 3.65. The highest BCUT2D eigenvalue weighted by Crippen LogP contribution is 2.05. The lowest BCUT2D eigenvalue weighted by Crippen LogP contribution is -2.30. The van der Waals surface area contributed by atoms with Crippen LogP contribution in [0.1, 0.15) is 12.8 Å². The van der Waals surface area contributed by atoms with Gasteiger partial charge >= 0.3 is 11.9 Å². The van der Waals surface area contributed by atoms with Crippen LogP contribution in [-0.4, -0.2) is 57.7 Å². The molecule has 1 aliphatic heterocycles. The molecule has 0 aromatic carbocycles. The molecule has 0 aromatic rings. The van der Waals surface area contributed by atoms with E-state index in [4.69, 9.17) is 21.1 Å². The Labute approximate surface area is 104 Å². The van der Waals surface area contributed by atoms with Crippen molar-refractivity contribution in [2.75, 3.05) is 12.3 Å². The Morgan fingerprint density at radius 3 is 2.24 bits per heavy atom. The number of aliphatic hydroxyl groups excluding tert-OH is 1. The molecule has 0 spiro atoms. The number of rotatable bonds is 4. The van der Waals surface area contributed by atoms with Gasteiger partial charge in [0.25, 0.3) is 0 Å².